The van der Waals surface area contributed by atoms with E-state index in [1.807, 2.05) is 19.9 Å². The third-order valence-electron chi connectivity index (χ3n) is 3.68. The first-order valence-electron chi connectivity index (χ1n) is 7.12. The highest BCUT2D eigenvalue weighted by molar-refractivity contribution is 6.31. The van der Waals surface area contributed by atoms with Crippen LogP contribution in [0.15, 0.2) is 6.07 Å². The van der Waals surface area contributed by atoms with Gasteiger partial charge in [-0.1, -0.05) is 39.3 Å². The van der Waals surface area contributed by atoms with E-state index in [0.29, 0.717) is 24.0 Å². The number of aliphatic hydroxyl groups is 1. The van der Waals surface area contributed by atoms with Crippen molar-refractivity contribution in [1.82, 2.24) is 0 Å². The van der Waals surface area contributed by atoms with Crippen LogP contribution in [0, 0.1) is 0 Å². The molecule has 0 atom stereocenters. The van der Waals surface area contributed by atoms with Crippen LogP contribution in [0.25, 0.3) is 0 Å². The van der Waals surface area contributed by atoms with Crippen LogP contribution in [0.2, 0.25) is 5.02 Å². The molecule has 0 aliphatic carbocycles. The Morgan fingerprint density at radius 3 is 2.55 bits per heavy atom. The highest BCUT2D eigenvalue weighted by Crippen LogP contribution is 2.47. The van der Waals surface area contributed by atoms with Gasteiger partial charge >= 0.3 is 0 Å². The van der Waals surface area contributed by atoms with Crippen LogP contribution in [0.1, 0.15) is 51.2 Å². The summed E-state index contributed by atoms with van der Waals surface area (Å²) in [6, 6.07) is 1.82. The molecule has 0 bridgehead atoms. The molecule has 0 aromatic heterocycles. The third-order valence-corrected chi connectivity index (χ3v) is 3.97. The van der Waals surface area contributed by atoms with Gasteiger partial charge in [0.25, 0.3) is 0 Å². The largest absolute Gasteiger partial charge is 0.489 e. The molecule has 0 fully saturated rings. The first-order valence-corrected chi connectivity index (χ1v) is 7.49. The average molecular weight is 299 g/mol. The van der Waals surface area contributed by atoms with E-state index in [2.05, 4.69) is 13.8 Å². The van der Waals surface area contributed by atoms with Crippen molar-refractivity contribution in [3.63, 3.8) is 0 Å². The third kappa shape index (κ3) is 2.75. The fourth-order valence-corrected chi connectivity index (χ4v) is 3.07. The van der Waals surface area contributed by atoms with Crippen LogP contribution in [-0.2, 0) is 5.41 Å². The number of ether oxygens (including phenoxy) is 2. The summed E-state index contributed by atoms with van der Waals surface area (Å²) in [6.07, 6.45) is 0.864. The zero-order valence-electron chi connectivity index (χ0n) is 12.6. The quantitative estimate of drug-likeness (QED) is 0.920. The summed E-state index contributed by atoms with van der Waals surface area (Å²) in [5.41, 5.74) is 1.59. The highest BCUT2D eigenvalue weighted by Gasteiger charge is 2.31. The van der Waals surface area contributed by atoms with Crippen LogP contribution >= 0.6 is 11.6 Å². The van der Waals surface area contributed by atoms with Gasteiger partial charge in [-0.2, -0.15) is 0 Å². The van der Waals surface area contributed by atoms with Gasteiger partial charge in [-0.05, 0) is 11.5 Å². The van der Waals surface area contributed by atoms with Gasteiger partial charge in [0.1, 0.15) is 0 Å². The highest BCUT2D eigenvalue weighted by atomic mass is 35.5. The zero-order chi connectivity index (χ0) is 14.9. The zero-order valence-corrected chi connectivity index (χ0v) is 13.4. The van der Waals surface area contributed by atoms with Crippen LogP contribution in [-0.4, -0.2) is 24.9 Å². The minimum Gasteiger partial charge on any atom is -0.489 e. The van der Waals surface area contributed by atoms with Crippen molar-refractivity contribution in [1.29, 1.82) is 0 Å². The first kappa shape index (κ1) is 15.5. The molecule has 20 heavy (non-hydrogen) atoms. The smallest absolute Gasteiger partial charge is 0.165 e. The van der Waals surface area contributed by atoms with Crippen molar-refractivity contribution in [3.05, 3.63) is 22.2 Å². The van der Waals surface area contributed by atoms with Crippen LogP contribution < -0.4 is 9.47 Å². The molecule has 0 unspecified atom stereocenters. The van der Waals surface area contributed by atoms with E-state index in [4.69, 9.17) is 21.1 Å². The van der Waals surface area contributed by atoms with Gasteiger partial charge in [0, 0.05) is 28.5 Å². The van der Waals surface area contributed by atoms with Gasteiger partial charge in [-0.3, -0.25) is 0 Å². The second-order valence-corrected chi connectivity index (χ2v) is 6.63. The van der Waals surface area contributed by atoms with Crippen molar-refractivity contribution < 1.29 is 14.6 Å². The Bertz CT molecular complexity index is 495. The van der Waals surface area contributed by atoms with Gasteiger partial charge in [0.05, 0.1) is 19.8 Å². The molecular weight excluding hydrogens is 276 g/mol. The molecule has 0 saturated heterocycles. The van der Waals surface area contributed by atoms with Crippen molar-refractivity contribution in [2.45, 2.75) is 45.4 Å². The maximum absolute atomic E-state index is 9.71. The molecule has 1 aromatic rings. The molecule has 1 aliphatic rings. The van der Waals surface area contributed by atoms with Crippen LogP contribution in [0.3, 0.4) is 0 Å². The summed E-state index contributed by atoms with van der Waals surface area (Å²) in [4.78, 5) is 0. The maximum Gasteiger partial charge on any atom is 0.165 e. The summed E-state index contributed by atoms with van der Waals surface area (Å²) >= 11 is 6.48. The van der Waals surface area contributed by atoms with Crippen molar-refractivity contribution in [2.24, 2.45) is 0 Å². The van der Waals surface area contributed by atoms with Crippen LogP contribution in [0.4, 0.5) is 0 Å². The molecule has 0 radical (unpaired) electrons. The summed E-state index contributed by atoms with van der Waals surface area (Å²) < 4.78 is 11.7. The van der Waals surface area contributed by atoms with E-state index < -0.39 is 5.41 Å². The fraction of sp³-hybridized carbons (Fsp3) is 0.625. The summed E-state index contributed by atoms with van der Waals surface area (Å²) in [5.74, 6) is 1.75. The lowest BCUT2D eigenvalue weighted by Gasteiger charge is -2.30. The normalized spacial score (nSPS) is 15.3. The molecule has 4 heteroatoms. The number of halogens is 1. The van der Waals surface area contributed by atoms with E-state index in [1.165, 1.54) is 0 Å². The van der Waals surface area contributed by atoms with Crippen molar-refractivity contribution in [2.75, 3.05) is 19.8 Å². The number of fused-ring (bicyclic) bond motifs is 1. The monoisotopic (exact) mass is 298 g/mol. The van der Waals surface area contributed by atoms with E-state index >= 15 is 0 Å². The molecule has 0 amide bonds. The maximum atomic E-state index is 9.71. The molecular formula is C16H23ClO3. The Hall–Kier alpha value is -0.930. The van der Waals surface area contributed by atoms with Gasteiger partial charge in [-0.15, -0.1) is 0 Å². The number of rotatable bonds is 3. The molecule has 1 aromatic carbocycles. The first-order chi connectivity index (χ1) is 9.38. The molecule has 0 spiro atoms. The molecule has 0 saturated carbocycles. The predicted octanol–water partition coefficient (Wildman–Crippen LogP) is 3.89. The van der Waals surface area contributed by atoms with E-state index in [9.17, 15) is 5.11 Å². The Kier molecular flexibility index (Phi) is 4.50. The standard InChI is InChI=1S/C16H23ClO3/c1-10(2)13-14(16(3,4)9-18)11(17)8-12-15(13)20-7-5-6-19-12/h8,10,18H,5-7,9H2,1-4H3. The Balaban J connectivity index is 2.71. The van der Waals surface area contributed by atoms with Crippen molar-refractivity contribution >= 4 is 11.6 Å². The average Bonchev–Trinajstić information content (AvgIpc) is 2.61. The van der Waals surface area contributed by atoms with Gasteiger partial charge in [-0.25, -0.2) is 0 Å². The Morgan fingerprint density at radius 2 is 1.95 bits per heavy atom. The predicted molar refractivity (Wildman–Crippen MR) is 81.3 cm³/mol. The molecule has 1 aliphatic heterocycles. The summed E-state index contributed by atoms with van der Waals surface area (Å²) in [7, 11) is 0. The summed E-state index contributed by atoms with van der Waals surface area (Å²) in [6.45, 7) is 9.52. The van der Waals surface area contributed by atoms with E-state index in [1.54, 1.807) is 0 Å². The number of hydrogen-bond acceptors (Lipinski definition) is 3. The molecule has 1 N–H and O–H groups in total. The van der Waals surface area contributed by atoms with E-state index in [0.717, 1.165) is 23.3 Å². The van der Waals surface area contributed by atoms with Gasteiger partial charge < -0.3 is 14.6 Å². The van der Waals surface area contributed by atoms with Gasteiger partial charge in [0.15, 0.2) is 11.5 Å². The number of benzene rings is 1. The Morgan fingerprint density at radius 1 is 1.30 bits per heavy atom. The minimum atomic E-state index is -0.415. The molecule has 1 heterocycles. The summed E-state index contributed by atoms with van der Waals surface area (Å²) in [5, 5.41) is 10.3. The SMILES string of the molecule is CC(C)c1c2c(cc(Cl)c1C(C)(C)CO)OCCCO2. The Labute approximate surface area is 125 Å². The number of aliphatic hydroxyl groups excluding tert-OH is 1. The second-order valence-electron chi connectivity index (χ2n) is 6.22. The van der Waals surface area contributed by atoms with Crippen molar-refractivity contribution in [3.8, 4) is 11.5 Å². The number of hydrogen-bond donors (Lipinski definition) is 1. The van der Waals surface area contributed by atoms with E-state index in [-0.39, 0.29) is 12.5 Å². The lowest BCUT2D eigenvalue weighted by molar-refractivity contribution is 0.216. The molecule has 112 valence electrons. The van der Waals surface area contributed by atoms with Gasteiger partial charge in [0.2, 0.25) is 0 Å². The second kappa shape index (κ2) is 5.82. The lowest BCUT2D eigenvalue weighted by Crippen LogP contribution is -2.25. The van der Waals surface area contributed by atoms with Crippen LogP contribution in [0.5, 0.6) is 11.5 Å². The lowest BCUT2D eigenvalue weighted by atomic mass is 9.79. The molecule has 3 nitrogen and oxygen atoms in total. The topological polar surface area (TPSA) is 38.7 Å². The molecule has 2 rings (SSSR count). The fourth-order valence-electron chi connectivity index (χ4n) is 2.62. The minimum absolute atomic E-state index is 0.0338.